The van der Waals surface area contributed by atoms with Crippen LogP contribution in [-0.4, -0.2) is 55.5 Å². The van der Waals surface area contributed by atoms with Gasteiger partial charge in [-0.1, -0.05) is 24.3 Å². The molecule has 0 spiro atoms. The number of aromatic nitrogens is 4. The van der Waals surface area contributed by atoms with Crippen molar-refractivity contribution in [2.24, 2.45) is 5.73 Å². The van der Waals surface area contributed by atoms with Crippen molar-refractivity contribution < 1.29 is 4.79 Å². The fourth-order valence-corrected chi connectivity index (χ4v) is 7.91. The van der Waals surface area contributed by atoms with Gasteiger partial charge in [0, 0.05) is 60.8 Å². The van der Waals surface area contributed by atoms with E-state index in [9.17, 15) is 4.79 Å². The molecule has 3 aliphatic rings. The second-order valence-corrected chi connectivity index (χ2v) is 13.4. The summed E-state index contributed by atoms with van der Waals surface area (Å²) in [5.74, 6) is 1.27. The highest BCUT2D eigenvalue weighted by Gasteiger charge is 2.42. The van der Waals surface area contributed by atoms with Crippen LogP contribution < -0.4 is 16.4 Å². The van der Waals surface area contributed by atoms with E-state index in [1.54, 1.807) is 13.1 Å². The van der Waals surface area contributed by atoms with Crippen LogP contribution in [0.15, 0.2) is 79.0 Å². The van der Waals surface area contributed by atoms with E-state index in [1.807, 2.05) is 30.1 Å². The number of nitrogens with two attached hydrogens (primary N) is 2. The first-order chi connectivity index (χ1) is 22.3. The molecule has 2 saturated heterocycles. The number of benzene rings is 2. The molecule has 1 aliphatic carbocycles. The molecule has 0 unspecified atom stereocenters. The summed E-state index contributed by atoms with van der Waals surface area (Å²) >= 11 is 0. The average Bonchev–Trinajstić information content (AvgIpc) is 3.56. The van der Waals surface area contributed by atoms with Crippen molar-refractivity contribution in [2.45, 2.75) is 75.5 Å². The Morgan fingerprint density at radius 2 is 1.70 bits per heavy atom. The third-order valence-electron chi connectivity index (χ3n) is 10.7. The quantitative estimate of drug-likeness (QED) is 0.240. The highest BCUT2D eigenvalue weighted by atomic mass is 16.2. The van der Waals surface area contributed by atoms with Gasteiger partial charge >= 0.3 is 0 Å². The van der Waals surface area contributed by atoms with Crippen LogP contribution in [0.5, 0.6) is 0 Å². The van der Waals surface area contributed by atoms with Gasteiger partial charge in [-0.15, -0.1) is 0 Å². The second kappa shape index (κ2) is 10.9. The minimum atomic E-state index is -0.235. The summed E-state index contributed by atoms with van der Waals surface area (Å²) < 4.78 is 2.08. The molecule has 4 N–H and O–H groups in total. The number of carbonyl (C=O) groups excluding carboxylic acids is 1. The van der Waals surface area contributed by atoms with Crippen LogP contribution >= 0.6 is 0 Å². The van der Waals surface area contributed by atoms with Crippen molar-refractivity contribution >= 4 is 28.6 Å². The van der Waals surface area contributed by atoms with Crippen molar-refractivity contribution in [1.29, 1.82) is 0 Å². The molecular weight excluding hydrogens is 572 g/mol. The monoisotopic (exact) mass is 612 g/mol. The lowest BCUT2D eigenvalue weighted by molar-refractivity contribution is -0.130. The second-order valence-electron chi connectivity index (χ2n) is 13.4. The molecule has 3 atom stereocenters. The van der Waals surface area contributed by atoms with Crippen LogP contribution in [0.2, 0.25) is 0 Å². The normalized spacial score (nSPS) is 21.7. The number of amides is 1. The molecule has 234 valence electrons. The Morgan fingerprint density at radius 1 is 0.935 bits per heavy atom. The largest absolute Gasteiger partial charge is 0.383 e. The zero-order chi connectivity index (χ0) is 31.6. The van der Waals surface area contributed by atoms with E-state index in [0.29, 0.717) is 29.8 Å². The highest BCUT2D eigenvalue weighted by molar-refractivity contribution is 5.85. The zero-order valence-corrected chi connectivity index (χ0v) is 26.4. The van der Waals surface area contributed by atoms with Crippen LogP contribution in [0.1, 0.15) is 57.4 Å². The topological polar surface area (TPSA) is 119 Å². The molecule has 2 aromatic carbocycles. The van der Waals surface area contributed by atoms with E-state index in [2.05, 4.69) is 69.0 Å². The standard InChI is InChI=1S/C37H40N8O/c1-23(46)43(2)30-21-28-13-14-29(22-30)44(28)27-7-3-6-24(20-27)32-15-16-33-36(41-32)45(35(42-33)31-8-4-19-40-34(31)38)26-11-9-25(10-12-26)37(39)17-5-18-37/h3-4,6-12,15-16,19-20,28-30H,5,13-14,17-18,21-22,39H2,1-2H3,(H2,38,40)/t28-,29+,30+. The lowest BCUT2D eigenvalue weighted by atomic mass is 9.73. The number of pyridine rings is 2. The lowest BCUT2D eigenvalue weighted by Crippen LogP contribution is -2.50. The fraction of sp³-hybridized carbons (Fsp3) is 0.351. The Hall–Kier alpha value is -4.76. The Balaban J connectivity index is 1.18. The minimum Gasteiger partial charge on any atom is -0.383 e. The van der Waals surface area contributed by atoms with Crippen molar-refractivity contribution in [2.75, 3.05) is 17.7 Å². The van der Waals surface area contributed by atoms with Crippen molar-refractivity contribution in [1.82, 2.24) is 24.4 Å². The summed E-state index contributed by atoms with van der Waals surface area (Å²) in [6.07, 6.45) is 9.21. The maximum Gasteiger partial charge on any atom is 0.219 e. The van der Waals surface area contributed by atoms with Gasteiger partial charge in [0.15, 0.2) is 11.5 Å². The van der Waals surface area contributed by atoms with Crippen LogP contribution in [-0.2, 0) is 10.3 Å². The van der Waals surface area contributed by atoms with E-state index in [4.69, 9.17) is 21.4 Å². The molecule has 1 saturated carbocycles. The van der Waals surface area contributed by atoms with Gasteiger partial charge in [0.1, 0.15) is 11.3 Å². The molecule has 46 heavy (non-hydrogen) atoms. The van der Waals surface area contributed by atoms with E-state index in [-0.39, 0.29) is 11.4 Å². The summed E-state index contributed by atoms with van der Waals surface area (Å²) in [5, 5.41) is 0. The highest BCUT2D eigenvalue weighted by Crippen LogP contribution is 2.42. The Labute approximate surface area is 269 Å². The number of fused-ring (bicyclic) bond motifs is 3. The van der Waals surface area contributed by atoms with Gasteiger partial charge in [0.25, 0.3) is 0 Å². The maximum atomic E-state index is 12.1. The van der Waals surface area contributed by atoms with Crippen molar-refractivity contribution in [3.63, 3.8) is 0 Å². The molecule has 3 fully saturated rings. The first-order valence-corrected chi connectivity index (χ1v) is 16.4. The van der Waals surface area contributed by atoms with Crippen LogP contribution in [0, 0.1) is 0 Å². The molecule has 9 nitrogen and oxygen atoms in total. The first-order valence-electron chi connectivity index (χ1n) is 16.4. The van der Waals surface area contributed by atoms with Crippen LogP contribution in [0.25, 0.3) is 39.5 Å². The number of rotatable bonds is 6. The molecular formula is C37H40N8O. The molecule has 2 bridgehead atoms. The number of piperidine rings is 1. The summed E-state index contributed by atoms with van der Waals surface area (Å²) in [6, 6.07) is 26.3. The van der Waals surface area contributed by atoms with Gasteiger partial charge in [0.2, 0.25) is 5.91 Å². The average molecular weight is 613 g/mol. The summed E-state index contributed by atoms with van der Waals surface area (Å²) in [7, 11) is 1.95. The molecule has 2 aliphatic heterocycles. The van der Waals surface area contributed by atoms with Crippen LogP contribution in [0.4, 0.5) is 11.5 Å². The van der Waals surface area contributed by atoms with Gasteiger partial charge in [-0.2, -0.15) is 0 Å². The molecule has 3 aromatic heterocycles. The Morgan fingerprint density at radius 3 is 2.37 bits per heavy atom. The Kier molecular flexibility index (Phi) is 6.83. The number of nitrogens with zero attached hydrogens (tertiary/aromatic N) is 6. The van der Waals surface area contributed by atoms with Gasteiger partial charge in [0.05, 0.1) is 11.3 Å². The number of hydrogen-bond donors (Lipinski definition) is 2. The zero-order valence-electron chi connectivity index (χ0n) is 26.4. The predicted molar refractivity (Wildman–Crippen MR) is 182 cm³/mol. The van der Waals surface area contributed by atoms with Crippen molar-refractivity contribution in [3.8, 4) is 28.3 Å². The maximum absolute atomic E-state index is 12.1. The SMILES string of the molecule is CC(=O)N(C)[C@H]1C[C@H]2CC[C@@H](C1)N2c1cccc(-c2ccc3nc(-c4cccnc4N)n(-c4ccc(C5(N)CCC5)cc4)c3n2)c1. The third-order valence-corrected chi connectivity index (χ3v) is 10.7. The van der Waals surface area contributed by atoms with Gasteiger partial charge in [-0.25, -0.2) is 15.0 Å². The molecule has 1 amide bonds. The smallest absolute Gasteiger partial charge is 0.219 e. The van der Waals surface area contributed by atoms with Crippen molar-refractivity contribution in [3.05, 3.63) is 84.6 Å². The van der Waals surface area contributed by atoms with Gasteiger partial charge in [-0.3, -0.25) is 9.36 Å². The van der Waals surface area contributed by atoms with E-state index in [1.165, 1.54) is 12.1 Å². The molecule has 5 heterocycles. The number of anilines is 2. The predicted octanol–water partition coefficient (Wildman–Crippen LogP) is 6.05. The van der Waals surface area contributed by atoms with E-state index in [0.717, 1.165) is 77.8 Å². The fourth-order valence-electron chi connectivity index (χ4n) is 7.91. The number of carbonyl (C=O) groups is 1. The summed E-state index contributed by atoms with van der Waals surface area (Å²) in [4.78, 5) is 31.2. The third kappa shape index (κ3) is 4.72. The Bertz CT molecular complexity index is 1930. The minimum absolute atomic E-state index is 0.146. The number of hydrogen-bond acceptors (Lipinski definition) is 7. The van der Waals surface area contributed by atoms with E-state index >= 15 is 0 Å². The van der Waals surface area contributed by atoms with E-state index < -0.39 is 0 Å². The van der Waals surface area contributed by atoms with Gasteiger partial charge in [-0.05, 0) is 99.0 Å². The summed E-state index contributed by atoms with van der Waals surface area (Å²) in [6.45, 7) is 1.67. The van der Waals surface area contributed by atoms with Gasteiger partial charge < -0.3 is 21.3 Å². The lowest BCUT2D eigenvalue weighted by Gasteiger charge is -2.43. The summed E-state index contributed by atoms with van der Waals surface area (Å²) in [5.41, 5.74) is 20.4. The molecule has 8 rings (SSSR count). The number of nitrogen functional groups attached to an aromatic ring is 1. The first kappa shape index (κ1) is 28.7. The molecule has 9 heteroatoms. The molecule has 5 aromatic rings. The molecule has 0 radical (unpaired) electrons. The number of imidazole rings is 1. The van der Waals surface area contributed by atoms with Crippen LogP contribution in [0.3, 0.4) is 0 Å².